The molecule has 0 amide bonds. The van der Waals surface area contributed by atoms with Crippen molar-refractivity contribution in [2.75, 3.05) is 7.11 Å². The summed E-state index contributed by atoms with van der Waals surface area (Å²) in [5.74, 6) is 1.35. The Morgan fingerprint density at radius 1 is 1.06 bits per heavy atom. The van der Waals surface area contributed by atoms with Crippen molar-refractivity contribution in [2.45, 2.75) is 71.3 Å². The van der Waals surface area contributed by atoms with Crippen molar-refractivity contribution >= 4 is 5.97 Å². The summed E-state index contributed by atoms with van der Waals surface area (Å²) in [6, 6.07) is 22.9. The maximum Gasteiger partial charge on any atom is 0.303 e. The molecule has 190 valence electrons. The minimum Gasteiger partial charge on any atom is -0.497 e. The van der Waals surface area contributed by atoms with Crippen LogP contribution < -0.4 is 9.47 Å². The largest absolute Gasteiger partial charge is 0.497 e. The van der Waals surface area contributed by atoms with Crippen molar-refractivity contribution in [2.24, 2.45) is 5.41 Å². The smallest absolute Gasteiger partial charge is 0.303 e. The van der Waals surface area contributed by atoms with E-state index in [1.807, 2.05) is 37.3 Å². The molecule has 0 radical (unpaired) electrons. The fourth-order valence-electron chi connectivity index (χ4n) is 5.68. The lowest BCUT2D eigenvalue weighted by atomic mass is 9.75. The molecule has 0 aromatic heterocycles. The molecular formula is C32H38O4. The van der Waals surface area contributed by atoms with E-state index in [1.165, 1.54) is 36.0 Å². The first kappa shape index (κ1) is 25.8. The number of methoxy groups -OCH3 is 1. The highest BCUT2D eigenvalue weighted by Crippen LogP contribution is 2.51. The zero-order chi connectivity index (χ0) is 25.7. The molecule has 3 aromatic rings. The first-order valence-electron chi connectivity index (χ1n) is 13.0. The van der Waals surface area contributed by atoms with Gasteiger partial charge in [-0.1, -0.05) is 69.7 Å². The lowest BCUT2D eigenvalue weighted by Gasteiger charge is -2.30. The molecular weight excluding hydrogens is 448 g/mol. The molecule has 0 unspecified atom stereocenters. The normalized spacial score (nSPS) is 17.5. The Bertz CT molecular complexity index is 1200. The molecule has 0 spiro atoms. The lowest BCUT2D eigenvalue weighted by Crippen LogP contribution is -2.16. The zero-order valence-electron chi connectivity index (χ0n) is 21.9. The van der Waals surface area contributed by atoms with Gasteiger partial charge < -0.3 is 14.6 Å². The lowest BCUT2D eigenvalue weighted by molar-refractivity contribution is -0.137. The molecule has 1 fully saturated rings. The minimum absolute atomic E-state index is 0.00982. The van der Waals surface area contributed by atoms with E-state index in [0.717, 1.165) is 29.0 Å². The summed E-state index contributed by atoms with van der Waals surface area (Å²) in [5.41, 5.74) is 6.23. The van der Waals surface area contributed by atoms with Crippen LogP contribution in [0, 0.1) is 5.41 Å². The molecule has 1 aliphatic rings. The number of carboxylic acid groups (broad SMARTS) is 1. The van der Waals surface area contributed by atoms with E-state index >= 15 is 0 Å². The van der Waals surface area contributed by atoms with Gasteiger partial charge in [-0.2, -0.15) is 0 Å². The van der Waals surface area contributed by atoms with Crippen LogP contribution in [-0.4, -0.2) is 18.2 Å². The number of hydrogen-bond acceptors (Lipinski definition) is 3. The Morgan fingerprint density at radius 2 is 1.83 bits per heavy atom. The fraction of sp³-hybridized carbons (Fsp3) is 0.406. The van der Waals surface area contributed by atoms with E-state index in [9.17, 15) is 9.90 Å². The van der Waals surface area contributed by atoms with Crippen molar-refractivity contribution in [3.05, 3.63) is 83.4 Å². The van der Waals surface area contributed by atoms with Gasteiger partial charge in [-0.15, -0.1) is 0 Å². The van der Waals surface area contributed by atoms with Crippen molar-refractivity contribution in [1.29, 1.82) is 0 Å². The maximum absolute atomic E-state index is 11.3. The Kier molecular flexibility index (Phi) is 8.03. The zero-order valence-corrected chi connectivity index (χ0v) is 21.9. The number of benzene rings is 3. The SMILES string of the molecule is CC[C@H](CC(=O)O)c1cccc(OCc2ccc(-c3cccc(OC)c3)c([C@H]3CCCC3(C)C)c2)c1. The van der Waals surface area contributed by atoms with Gasteiger partial charge in [0.05, 0.1) is 13.5 Å². The number of carboxylic acids is 1. The van der Waals surface area contributed by atoms with Gasteiger partial charge in [0.1, 0.15) is 18.1 Å². The van der Waals surface area contributed by atoms with Gasteiger partial charge in [0.25, 0.3) is 0 Å². The predicted molar refractivity (Wildman–Crippen MR) is 145 cm³/mol. The van der Waals surface area contributed by atoms with Crippen molar-refractivity contribution in [1.82, 2.24) is 0 Å². The fourth-order valence-corrected chi connectivity index (χ4v) is 5.68. The third-order valence-corrected chi connectivity index (χ3v) is 7.78. The van der Waals surface area contributed by atoms with Crippen LogP contribution in [-0.2, 0) is 11.4 Å². The highest BCUT2D eigenvalue weighted by atomic mass is 16.5. The first-order chi connectivity index (χ1) is 17.3. The molecule has 4 heteroatoms. The monoisotopic (exact) mass is 486 g/mol. The van der Waals surface area contributed by atoms with E-state index in [0.29, 0.717) is 12.5 Å². The molecule has 36 heavy (non-hydrogen) atoms. The summed E-state index contributed by atoms with van der Waals surface area (Å²) in [5, 5.41) is 9.25. The number of carbonyl (C=O) groups is 1. The molecule has 0 saturated heterocycles. The number of ether oxygens (including phenoxy) is 2. The summed E-state index contributed by atoms with van der Waals surface area (Å²) in [6.45, 7) is 7.26. The van der Waals surface area contributed by atoms with Crippen LogP contribution in [0.3, 0.4) is 0 Å². The Morgan fingerprint density at radius 3 is 2.53 bits per heavy atom. The summed E-state index contributed by atoms with van der Waals surface area (Å²) in [7, 11) is 1.71. The quantitative estimate of drug-likeness (QED) is 0.314. The van der Waals surface area contributed by atoms with Gasteiger partial charge in [-0.3, -0.25) is 4.79 Å². The average molecular weight is 487 g/mol. The molecule has 3 aromatic carbocycles. The Hall–Kier alpha value is -3.27. The van der Waals surface area contributed by atoms with Crippen molar-refractivity contribution in [3.8, 4) is 22.6 Å². The van der Waals surface area contributed by atoms with Gasteiger partial charge in [0.15, 0.2) is 0 Å². The van der Waals surface area contributed by atoms with Crippen LogP contribution >= 0.6 is 0 Å². The van der Waals surface area contributed by atoms with E-state index in [4.69, 9.17) is 9.47 Å². The Balaban J connectivity index is 1.61. The second kappa shape index (κ2) is 11.2. The second-order valence-electron chi connectivity index (χ2n) is 10.7. The van der Waals surface area contributed by atoms with Gasteiger partial charge in [-0.05, 0) is 88.6 Å². The third kappa shape index (κ3) is 5.92. The third-order valence-electron chi connectivity index (χ3n) is 7.78. The van der Waals surface area contributed by atoms with Crippen LogP contribution in [0.25, 0.3) is 11.1 Å². The molecule has 0 bridgehead atoms. The van der Waals surface area contributed by atoms with Gasteiger partial charge in [0.2, 0.25) is 0 Å². The molecule has 0 heterocycles. The minimum atomic E-state index is -0.772. The number of aliphatic carboxylic acids is 1. The topological polar surface area (TPSA) is 55.8 Å². The highest BCUT2D eigenvalue weighted by Gasteiger charge is 2.36. The van der Waals surface area contributed by atoms with Gasteiger partial charge in [0, 0.05) is 0 Å². The van der Waals surface area contributed by atoms with Gasteiger partial charge >= 0.3 is 5.97 Å². The molecule has 1 saturated carbocycles. The molecule has 1 aliphatic carbocycles. The van der Waals surface area contributed by atoms with E-state index in [-0.39, 0.29) is 17.8 Å². The van der Waals surface area contributed by atoms with Crippen LogP contribution in [0.1, 0.15) is 81.4 Å². The molecule has 4 rings (SSSR count). The van der Waals surface area contributed by atoms with Crippen LogP contribution in [0.15, 0.2) is 66.7 Å². The van der Waals surface area contributed by atoms with Crippen molar-refractivity contribution in [3.63, 3.8) is 0 Å². The molecule has 2 atom stereocenters. The Labute approximate surface area is 215 Å². The second-order valence-corrected chi connectivity index (χ2v) is 10.7. The summed E-state index contributed by atoms with van der Waals surface area (Å²) in [6.07, 6.45) is 4.59. The highest BCUT2D eigenvalue weighted by molar-refractivity contribution is 5.70. The summed E-state index contributed by atoms with van der Waals surface area (Å²) >= 11 is 0. The standard InChI is InChI=1S/C32H38O4/c1-5-23(20-31(33)34)24-9-6-12-27(18-24)36-21-22-14-15-28(25-10-7-11-26(19-25)35-4)29(17-22)30-13-8-16-32(30,2)3/h6-7,9-12,14-15,17-19,23,30H,5,8,13,16,20-21H2,1-4H3,(H,33,34)/t23-,30-/m1/s1. The van der Waals surface area contributed by atoms with Crippen LogP contribution in [0.5, 0.6) is 11.5 Å². The molecule has 0 aliphatic heterocycles. The van der Waals surface area contributed by atoms with Gasteiger partial charge in [-0.25, -0.2) is 0 Å². The predicted octanol–water partition coefficient (Wildman–Crippen LogP) is 8.20. The average Bonchev–Trinajstić information content (AvgIpc) is 3.24. The van der Waals surface area contributed by atoms with Crippen LogP contribution in [0.2, 0.25) is 0 Å². The van der Waals surface area contributed by atoms with E-state index in [2.05, 4.69) is 50.2 Å². The van der Waals surface area contributed by atoms with E-state index < -0.39 is 5.97 Å². The number of rotatable bonds is 10. The van der Waals surface area contributed by atoms with E-state index in [1.54, 1.807) is 7.11 Å². The summed E-state index contributed by atoms with van der Waals surface area (Å²) < 4.78 is 11.7. The maximum atomic E-state index is 11.3. The first-order valence-corrected chi connectivity index (χ1v) is 13.0. The number of hydrogen-bond donors (Lipinski definition) is 1. The van der Waals surface area contributed by atoms with Crippen molar-refractivity contribution < 1.29 is 19.4 Å². The molecule has 1 N–H and O–H groups in total. The summed E-state index contributed by atoms with van der Waals surface area (Å²) in [4.78, 5) is 11.3. The molecule has 4 nitrogen and oxygen atoms in total. The van der Waals surface area contributed by atoms with Crippen LogP contribution in [0.4, 0.5) is 0 Å².